The smallest absolute Gasteiger partial charge is 0.277 e. The summed E-state index contributed by atoms with van der Waals surface area (Å²) in [6, 6.07) is 3.83. The van der Waals surface area contributed by atoms with E-state index in [1.54, 1.807) is 18.6 Å². The number of aryl methyl sites for hydroxylation is 1. The highest BCUT2D eigenvalue weighted by molar-refractivity contribution is 7.99. The zero-order chi connectivity index (χ0) is 15.8. The molecule has 0 radical (unpaired) electrons. The van der Waals surface area contributed by atoms with E-state index < -0.39 is 0 Å². The van der Waals surface area contributed by atoms with Crippen LogP contribution < -0.4 is 0 Å². The lowest BCUT2D eigenvalue weighted by Gasteiger charge is -2.33. The van der Waals surface area contributed by atoms with Crippen molar-refractivity contribution in [3.63, 3.8) is 0 Å². The first-order valence-corrected chi connectivity index (χ1v) is 8.62. The van der Waals surface area contributed by atoms with Crippen molar-refractivity contribution in [3.05, 3.63) is 54.1 Å². The minimum atomic E-state index is -0.0962. The van der Waals surface area contributed by atoms with Crippen LogP contribution in [0.25, 0.3) is 5.65 Å². The van der Waals surface area contributed by atoms with Gasteiger partial charge in [-0.05, 0) is 19.1 Å². The normalized spacial score (nSPS) is 18.5. The van der Waals surface area contributed by atoms with Gasteiger partial charge < -0.3 is 13.7 Å². The average Bonchev–Trinajstić information content (AvgIpc) is 3.22. The molecule has 1 atom stereocenters. The summed E-state index contributed by atoms with van der Waals surface area (Å²) in [5.74, 6) is 3.34. The second-order valence-electron chi connectivity index (χ2n) is 5.47. The van der Waals surface area contributed by atoms with Crippen molar-refractivity contribution in [1.29, 1.82) is 0 Å². The molecule has 1 aliphatic heterocycles. The molecule has 1 saturated heterocycles. The molecule has 3 aromatic rings. The van der Waals surface area contributed by atoms with Gasteiger partial charge in [-0.2, -0.15) is 11.8 Å². The number of nitrogens with zero attached hydrogens (tertiary/aromatic N) is 4. The number of amides is 1. The van der Waals surface area contributed by atoms with E-state index in [2.05, 4.69) is 9.97 Å². The first-order valence-electron chi connectivity index (χ1n) is 7.47. The Balaban J connectivity index is 1.72. The third-order valence-electron chi connectivity index (χ3n) is 3.99. The summed E-state index contributed by atoms with van der Waals surface area (Å²) in [7, 11) is 0. The highest BCUT2D eigenvalue weighted by atomic mass is 32.2. The molecule has 0 saturated carbocycles. The largest absolute Gasteiger partial charge is 0.464 e. The van der Waals surface area contributed by atoms with Crippen LogP contribution in [0.5, 0.6) is 0 Å². The van der Waals surface area contributed by atoms with Crippen LogP contribution in [-0.2, 0) is 0 Å². The predicted octanol–water partition coefficient (Wildman–Crippen LogP) is 2.56. The summed E-state index contributed by atoms with van der Waals surface area (Å²) in [6.45, 7) is 2.59. The summed E-state index contributed by atoms with van der Waals surface area (Å²) >= 11 is 1.83. The topological polar surface area (TPSA) is 63.6 Å². The standard InChI is InChI=1S/C16H16N4O2S/c1-11-2-3-13(22-11)12-10-23-9-8-20(12)16(21)14-15-18-5-7-19(15)6-4-17-14/h2-7,12H,8-10H2,1H3/t12-/m0/s1. The number of aromatic nitrogens is 3. The molecule has 0 spiro atoms. The van der Waals surface area contributed by atoms with Crippen molar-refractivity contribution >= 4 is 23.3 Å². The second kappa shape index (κ2) is 5.73. The summed E-state index contributed by atoms with van der Waals surface area (Å²) < 4.78 is 7.57. The van der Waals surface area contributed by atoms with Gasteiger partial charge in [-0.1, -0.05) is 0 Å². The van der Waals surface area contributed by atoms with E-state index in [4.69, 9.17) is 4.42 Å². The zero-order valence-corrected chi connectivity index (χ0v) is 13.5. The number of fused-ring (bicyclic) bond motifs is 1. The van der Waals surface area contributed by atoms with Crippen LogP contribution in [0.4, 0.5) is 0 Å². The summed E-state index contributed by atoms with van der Waals surface area (Å²) in [4.78, 5) is 23.5. The van der Waals surface area contributed by atoms with Gasteiger partial charge in [0.15, 0.2) is 11.3 Å². The minimum Gasteiger partial charge on any atom is -0.464 e. The maximum absolute atomic E-state index is 13.1. The maximum Gasteiger partial charge on any atom is 0.277 e. The van der Waals surface area contributed by atoms with Crippen molar-refractivity contribution in [2.24, 2.45) is 0 Å². The minimum absolute atomic E-state index is 0.0630. The number of furan rings is 1. The maximum atomic E-state index is 13.1. The van der Waals surface area contributed by atoms with E-state index in [9.17, 15) is 4.79 Å². The van der Waals surface area contributed by atoms with Gasteiger partial charge in [-0.15, -0.1) is 0 Å². The molecule has 3 aromatic heterocycles. The van der Waals surface area contributed by atoms with E-state index in [1.165, 1.54) is 0 Å². The van der Waals surface area contributed by atoms with Gasteiger partial charge >= 0.3 is 0 Å². The Kier molecular flexibility index (Phi) is 3.57. The predicted molar refractivity (Wildman–Crippen MR) is 87.5 cm³/mol. The summed E-state index contributed by atoms with van der Waals surface area (Å²) in [5, 5.41) is 0. The molecule has 0 N–H and O–H groups in total. The van der Waals surface area contributed by atoms with Crippen LogP contribution >= 0.6 is 11.8 Å². The van der Waals surface area contributed by atoms with Crippen LogP contribution in [0, 0.1) is 6.92 Å². The highest BCUT2D eigenvalue weighted by Crippen LogP contribution is 2.32. The third kappa shape index (κ3) is 2.50. The lowest BCUT2D eigenvalue weighted by Crippen LogP contribution is -2.41. The molecule has 7 heteroatoms. The van der Waals surface area contributed by atoms with E-state index in [1.807, 2.05) is 46.3 Å². The Labute approximate surface area is 137 Å². The molecule has 23 heavy (non-hydrogen) atoms. The molecule has 118 valence electrons. The van der Waals surface area contributed by atoms with E-state index in [-0.39, 0.29) is 11.9 Å². The van der Waals surface area contributed by atoms with Gasteiger partial charge in [-0.3, -0.25) is 4.79 Å². The summed E-state index contributed by atoms with van der Waals surface area (Å²) in [5.41, 5.74) is 0.975. The molecular formula is C16H16N4O2S. The van der Waals surface area contributed by atoms with Crippen LogP contribution in [0.2, 0.25) is 0 Å². The number of carbonyl (C=O) groups excluding carboxylic acids is 1. The Morgan fingerprint density at radius 1 is 1.30 bits per heavy atom. The van der Waals surface area contributed by atoms with E-state index in [0.29, 0.717) is 17.9 Å². The lowest BCUT2D eigenvalue weighted by molar-refractivity contribution is 0.0676. The Morgan fingerprint density at radius 2 is 2.13 bits per heavy atom. The Hall–Kier alpha value is -2.28. The number of carbonyl (C=O) groups is 1. The quantitative estimate of drug-likeness (QED) is 0.723. The highest BCUT2D eigenvalue weighted by Gasteiger charge is 2.32. The van der Waals surface area contributed by atoms with Crippen molar-refractivity contribution in [3.8, 4) is 0 Å². The van der Waals surface area contributed by atoms with Gasteiger partial charge in [0, 0.05) is 42.8 Å². The van der Waals surface area contributed by atoms with Gasteiger partial charge in [0.2, 0.25) is 0 Å². The van der Waals surface area contributed by atoms with Crippen molar-refractivity contribution in [2.75, 3.05) is 18.1 Å². The van der Waals surface area contributed by atoms with Crippen LogP contribution in [0.3, 0.4) is 0 Å². The molecule has 6 nitrogen and oxygen atoms in total. The monoisotopic (exact) mass is 328 g/mol. The first kappa shape index (κ1) is 14.3. The lowest BCUT2D eigenvalue weighted by atomic mass is 10.2. The molecule has 1 amide bonds. The van der Waals surface area contributed by atoms with Crippen molar-refractivity contribution in [2.45, 2.75) is 13.0 Å². The fourth-order valence-corrected chi connectivity index (χ4v) is 3.92. The molecule has 0 unspecified atom stereocenters. The number of imidazole rings is 1. The number of rotatable bonds is 2. The molecular weight excluding hydrogens is 312 g/mol. The number of hydrogen-bond donors (Lipinski definition) is 0. The SMILES string of the molecule is Cc1ccc([C@@H]2CSCCN2C(=O)c2nccn3ccnc23)o1. The molecule has 0 aromatic carbocycles. The van der Waals surface area contributed by atoms with Crippen molar-refractivity contribution in [1.82, 2.24) is 19.3 Å². The van der Waals surface area contributed by atoms with Gasteiger partial charge in [0.05, 0.1) is 6.04 Å². The van der Waals surface area contributed by atoms with Gasteiger partial charge in [0.1, 0.15) is 11.5 Å². The van der Waals surface area contributed by atoms with Crippen molar-refractivity contribution < 1.29 is 9.21 Å². The van der Waals surface area contributed by atoms with E-state index >= 15 is 0 Å². The molecule has 0 bridgehead atoms. The fourth-order valence-electron chi connectivity index (χ4n) is 2.86. The van der Waals surface area contributed by atoms with E-state index in [0.717, 1.165) is 23.0 Å². The first-order chi connectivity index (χ1) is 11.2. The molecule has 4 rings (SSSR count). The number of hydrogen-bond acceptors (Lipinski definition) is 5. The van der Waals surface area contributed by atoms with Crippen LogP contribution in [0.1, 0.15) is 28.1 Å². The third-order valence-corrected chi connectivity index (χ3v) is 5.02. The van der Waals surface area contributed by atoms with Gasteiger partial charge in [0.25, 0.3) is 5.91 Å². The Morgan fingerprint density at radius 3 is 2.91 bits per heavy atom. The zero-order valence-electron chi connectivity index (χ0n) is 12.7. The number of thioether (sulfide) groups is 1. The fraction of sp³-hybridized carbons (Fsp3) is 0.312. The molecule has 1 aliphatic rings. The average molecular weight is 328 g/mol. The molecule has 1 fully saturated rings. The summed E-state index contributed by atoms with van der Waals surface area (Å²) in [6.07, 6.45) is 6.91. The van der Waals surface area contributed by atoms with Crippen LogP contribution in [-0.4, -0.2) is 43.2 Å². The van der Waals surface area contributed by atoms with Crippen LogP contribution in [0.15, 0.2) is 41.3 Å². The molecule has 0 aliphatic carbocycles. The van der Waals surface area contributed by atoms with Gasteiger partial charge in [-0.25, -0.2) is 9.97 Å². The Bertz CT molecular complexity index is 857. The molecule has 4 heterocycles. The second-order valence-corrected chi connectivity index (χ2v) is 6.62.